The first-order chi connectivity index (χ1) is 15.8. The van der Waals surface area contributed by atoms with Crippen molar-refractivity contribution in [1.82, 2.24) is 0 Å². The molecule has 202 valence electrons. The van der Waals surface area contributed by atoms with Gasteiger partial charge in [0.2, 0.25) is 0 Å². The van der Waals surface area contributed by atoms with Crippen molar-refractivity contribution < 1.29 is 107 Å². The topological polar surface area (TPSA) is 125 Å². The molecule has 0 bridgehead atoms. The molecule has 0 unspecified atom stereocenters. The molecular weight excluding hydrogens is 525 g/mol. The summed E-state index contributed by atoms with van der Waals surface area (Å²) >= 11 is 0. The summed E-state index contributed by atoms with van der Waals surface area (Å²) in [5, 5.41) is 0. The maximum atomic E-state index is 12.0. The second-order valence-corrected chi connectivity index (χ2v) is 7.96. The maximum Gasteiger partial charge on any atom is 1.00 e. The molecule has 0 aliphatic rings. The molecule has 1 atom stereocenters. The molecule has 0 aliphatic carbocycles. The molecule has 0 spiro atoms. The van der Waals surface area contributed by atoms with E-state index in [4.69, 9.17) is 9.47 Å². The van der Waals surface area contributed by atoms with Crippen LogP contribution in [0.5, 0.6) is 0 Å². The van der Waals surface area contributed by atoms with Gasteiger partial charge in [0, 0.05) is 22.3 Å². The van der Waals surface area contributed by atoms with E-state index in [0.717, 1.165) is 19.3 Å². The van der Waals surface area contributed by atoms with Crippen LogP contribution in [-0.2, 0) is 28.2 Å². The van der Waals surface area contributed by atoms with Crippen LogP contribution in [0, 0.1) is 47.4 Å². The predicted molar refractivity (Wildman–Crippen MR) is 144 cm³/mol. The van der Waals surface area contributed by atoms with Crippen molar-refractivity contribution in [1.29, 1.82) is 0 Å². The molecule has 0 heterocycles. The SMILES string of the molecule is CC#CC#CC#CC#CC(=O)OC[C@H](COP(=O)([O-])[O-])OC(=O)CCCCCCCCCC.S.[HH].[HH].[HH].[HH].[HH].[HH].[HH].[Na+].[Na+]. The van der Waals surface area contributed by atoms with Crippen LogP contribution in [0.4, 0.5) is 0 Å². The molecule has 0 amide bonds. The van der Waals surface area contributed by atoms with E-state index in [1.165, 1.54) is 25.7 Å². The van der Waals surface area contributed by atoms with Crippen LogP contribution < -0.4 is 68.9 Å². The van der Waals surface area contributed by atoms with Crippen LogP contribution in [0.1, 0.15) is 81.6 Å². The van der Waals surface area contributed by atoms with Gasteiger partial charge in [0.15, 0.2) is 6.10 Å². The van der Waals surface area contributed by atoms with Gasteiger partial charge in [-0.2, -0.15) is 13.5 Å². The molecule has 0 fully saturated rings. The minimum atomic E-state index is -5.29. The van der Waals surface area contributed by atoms with Crippen LogP contribution in [0.2, 0.25) is 0 Å². The molecule has 0 saturated carbocycles. The third-order valence-corrected chi connectivity index (χ3v) is 4.42. The van der Waals surface area contributed by atoms with Gasteiger partial charge in [-0.1, -0.05) is 57.8 Å². The van der Waals surface area contributed by atoms with E-state index in [1.54, 1.807) is 6.92 Å². The molecule has 8 nitrogen and oxygen atoms in total. The standard InChI is InChI=1S/C24H31O8P.2Na.H2S.7H2/c1-3-5-7-9-11-13-15-17-19-24(26)32-22(21-31-33(27,28)29)20-30-23(25)18-16-14-12-10-8-6-4-2;;;;;;;;;;/h22H,3,5,7,9,11,13,15,17,19-21H2,1-2H3,(H2,27,28,29);;;1H2;7*1H/q;2*+1;;;;;;;;/p-2/t22-;;;;;;;;;;/m1........../s1. The summed E-state index contributed by atoms with van der Waals surface area (Å²) in [4.78, 5) is 45.1. The average Bonchev–Trinajstić information content (AvgIpc) is 2.76. The van der Waals surface area contributed by atoms with Crippen molar-refractivity contribution in [2.45, 2.75) is 77.7 Å². The summed E-state index contributed by atoms with van der Waals surface area (Å²) in [6.45, 7) is 2.48. The molecular formula is C24H45Na2O8PS. The Bertz CT molecular complexity index is 935. The van der Waals surface area contributed by atoms with E-state index >= 15 is 0 Å². The molecule has 0 aromatic rings. The number of carbonyl (C=O) groups excluding carboxylic acids is 2. The summed E-state index contributed by atoms with van der Waals surface area (Å²) < 4.78 is 24.8. The van der Waals surface area contributed by atoms with Crippen molar-refractivity contribution in [2.24, 2.45) is 0 Å². The number of ether oxygens (including phenoxy) is 2. The number of unbranched alkanes of at least 4 members (excludes halogenated alkanes) is 7. The van der Waals surface area contributed by atoms with E-state index in [1.807, 2.05) is 0 Å². The van der Waals surface area contributed by atoms with Crippen LogP contribution in [0.15, 0.2) is 0 Å². The number of hydrogen-bond acceptors (Lipinski definition) is 8. The van der Waals surface area contributed by atoms with E-state index < -0.39 is 39.1 Å². The number of carbonyl (C=O) groups is 2. The Balaban J connectivity index is -0.000000114. The Morgan fingerprint density at radius 2 is 1.39 bits per heavy atom. The average molecular weight is 571 g/mol. The van der Waals surface area contributed by atoms with Crippen molar-refractivity contribution in [3.8, 4) is 47.4 Å². The second kappa shape index (κ2) is 29.2. The van der Waals surface area contributed by atoms with Crippen LogP contribution in [0.3, 0.4) is 0 Å². The van der Waals surface area contributed by atoms with E-state index in [9.17, 15) is 23.9 Å². The van der Waals surface area contributed by atoms with Crippen molar-refractivity contribution >= 4 is 33.3 Å². The first-order valence-electron chi connectivity index (χ1n) is 10.7. The zero-order chi connectivity index (χ0) is 24.8. The molecule has 0 aromatic heterocycles. The van der Waals surface area contributed by atoms with E-state index in [2.05, 4.69) is 58.8 Å². The fourth-order valence-corrected chi connectivity index (χ4v) is 2.76. The minimum absolute atomic E-state index is 0. The molecule has 0 saturated heterocycles. The summed E-state index contributed by atoms with van der Waals surface area (Å²) in [6.07, 6.45) is 7.23. The second-order valence-electron chi connectivity index (χ2n) is 6.80. The van der Waals surface area contributed by atoms with Gasteiger partial charge in [-0.05, 0) is 48.9 Å². The Labute approximate surface area is 276 Å². The molecule has 0 rings (SSSR count). The fraction of sp³-hybridized carbons (Fsp3) is 0.583. The first kappa shape index (κ1) is 42.7. The van der Waals surface area contributed by atoms with Crippen molar-refractivity contribution in [2.75, 3.05) is 13.2 Å². The smallest absolute Gasteiger partial charge is 0.790 e. The third kappa shape index (κ3) is 31.7. The normalized spacial score (nSPS) is 9.67. The third-order valence-electron chi connectivity index (χ3n) is 3.95. The molecule has 0 N–H and O–H groups in total. The zero-order valence-corrected chi connectivity index (χ0v) is 27.5. The molecule has 36 heavy (non-hydrogen) atoms. The number of phosphoric ester groups is 1. The Hall–Kier alpha value is -0.360. The number of hydrogen-bond donors (Lipinski definition) is 0. The Kier molecular flexibility index (Phi) is 34.6. The molecule has 0 radical (unpaired) electrons. The summed E-state index contributed by atoms with van der Waals surface area (Å²) in [6, 6.07) is 0. The van der Waals surface area contributed by atoms with Crippen LogP contribution >= 0.6 is 21.3 Å². The van der Waals surface area contributed by atoms with Gasteiger partial charge < -0.3 is 28.3 Å². The van der Waals surface area contributed by atoms with Crippen molar-refractivity contribution in [3.05, 3.63) is 0 Å². The van der Waals surface area contributed by atoms with Crippen LogP contribution in [-0.4, -0.2) is 31.3 Å². The van der Waals surface area contributed by atoms with Crippen molar-refractivity contribution in [3.63, 3.8) is 0 Å². The number of esters is 2. The number of phosphoric acid groups is 1. The molecule has 0 aromatic carbocycles. The zero-order valence-electron chi connectivity index (χ0n) is 21.6. The fourth-order valence-electron chi connectivity index (χ4n) is 2.41. The van der Waals surface area contributed by atoms with Gasteiger partial charge >= 0.3 is 71.1 Å². The summed E-state index contributed by atoms with van der Waals surface area (Å²) in [7, 11) is -5.29. The largest absolute Gasteiger partial charge is 1.00 e. The Morgan fingerprint density at radius 1 is 0.861 bits per heavy atom. The molecule has 12 heteroatoms. The van der Waals surface area contributed by atoms with Gasteiger partial charge in [-0.25, -0.2) is 4.79 Å². The monoisotopic (exact) mass is 570 g/mol. The van der Waals surface area contributed by atoms with Crippen LogP contribution in [0.25, 0.3) is 0 Å². The Morgan fingerprint density at radius 3 is 1.94 bits per heavy atom. The van der Waals surface area contributed by atoms with E-state index in [0.29, 0.717) is 6.42 Å². The van der Waals surface area contributed by atoms with Gasteiger partial charge in [-0.3, -0.25) is 4.79 Å². The van der Waals surface area contributed by atoms with Gasteiger partial charge in [0.1, 0.15) is 6.61 Å². The predicted octanol–water partition coefficient (Wildman–Crippen LogP) is -2.31. The minimum Gasteiger partial charge on any atom is -0.790 e. The van der Waals surface area contributed by atoms with Gasteiger partial charge in [-0.15, -0.1) is 0 Å². The maximum absolute atomic E-state index is 12.0. The first-order valence-corrected chi connectivity index (χ1v) is 12.2. The van der Waals surface area contributed by atoms with Gasteiger partial charge in [0.25, 0.3) is 0 Å². The quantitative estimate of drug-likeness (QED) is 0.0538. The summed E-state index contributed by atoms with van der Waals surface area (Å²) in [5.41, 5.74) is 0. The van der Waals surface area contributed by atoms with Gasteiger partial charge in [0.05, 0.1) is 14.4 Å². The van der Waals surface area contributed by atoms with E-state index in [-0.39, 0.29) is 89.0 Å². The molecule has 0 aliphatic heterocycles. The number of rotatable bonds is 15. The summed E-state index contributed by atoms with van der Waals surface area (Å²) in [5.74, 6) is 17.2.